The number of para-hydroxylation sites is 1. The van der Waals surface area contributed by atoms with Crippen LogP contribution in [0.5, 0.6) is 0 Å². The van der Waals surface area contributed by atoms with Gasteiger partial charge in [0.25, 0.3) is 15.2 Å². The Bertz CT molecular complexity index is 1190. The molecule has 2 aromatic carbocycles. The standard InChI is InChI=1S/C14H8ClFN4O2S2/c15-9-7-8(5-6-10(9)16)19-24(21,22)14-18-17-13-20(14)11-3-1-2-4-12(11)23-13/h1-7,19H. The lowest BCUT2D eigenvalue weighted by molar-refractivity contribution is 0.591. The zero-order valence-corrected chi connectivity index (χ0v) is 14.2. The molecular weight excluding hydrogens is 375 g/mol. The lowest BCUT2D eigenvalue weighted by atomic mass is 10.3. The summed E-state index contributed by atoms with van der Waals surface area (Å²) >= 11 is 7.02. The number of nitrogens with one attached hydrogen (secondary N) is 1. The van der Waals surface area contributed by atoms with Crippen molar-refractivity contribution in [3.63, 3.8) is 0 Å². The van der Waals surface area contributed by atoms with Crippen LogP contribution in [0.1, 0.15) is 0 Å². The van der Waals surface area contributed by atoms with Crippen LogP contribution in [0.15, 0.2) is 47.6 Å². The van der Waals surface area contributed by atoms with Gasteiger partial charge < -0.3 is 0 Å². The average molecular weight is 383 g/mol. The molecule has 0 fully saturated rings. The van der Waals surface area contributed by atoms with E-state index in [-0.39, 0.29) is 15.9 Å². The number of sulfonamides is 1. The molecule has 0 aliphatic rings. The van der Waals surface area contributed by atoms with Gasteiger partial charge in [-0.25, -0.2) is 4.39 Å². The smallest absolute Gasteiger partial charge is 0.277 e. The summed E-state index contributed by atoms with van der Waals surface area (Å²) in [4.78, 5) is 0.466. The van der Waals surface area contributed by atoms with Crippen LogP contribution in [0, 0.1) is 5.82 Å². The minimum absolute atomic E-state index is 0.137. The number of rotatable bonds is 3. The van der Waals surface area contributed by atoms with Crippen LogP contribution >= 0.6 is 22.9 Å². The predicted octanol–water partition coefficient (Wildman–Crippen LogP) is 3.54. The third kappa shape index (κ3) is 2.41. The number of thiazole rings is 1. The zero-order chi connectivity index (χ0) is 16.9. The normalized spacial score (nSPS) is 12.1. The second-order valence-corrected chi connectivity index (χ2v) is 7.90. The van der Waals surface area contributed by atoms with E-state index in [1.165, 1.54) is 27.9 Å². The predicted molar refractivity (Wildman–Crippen MR) is 90.6 cm³/mol. The summed E-state index contributed by atoms with van der Waals surface area (Å²) in [5.41, 5.74) is 0.831. The van der Waals surface area contributed by atoms with Gasteiger partial charge in [0.1, 0.15) is 5.82 Å². The topological polar surface area (TPSA) is 76.4 Å². The van der Waals surface area contributed by atoms with E-state index in [9.17, 15) is 12.8 Å². The Labute approximate surface area is 144 Å². The van der Waals surface area contributed by atoms with Crippen LogP contribution < -0.4 is 4.72 Å². The van der Waals surface area contributed by atoms with E-state index < -0.39 is 15.8 Å². The van der Waals surface area contributed by atoms with Gasteiger partial charge in [0.2, 0.25) is 4.96 Å². The third-order valence-electron chi connectivity index (χ3n) is 3.32. The highest BCUT2D eigenvalue weighted by molar-refractivity contribution is 7.92. The Kier molecular flexibility index (Phi) is 3.44. The number of fused-ring (bicyclic) bond motifs is 3. The maximum atomic E-state index is 13.2. The van der Waals surface area contributed by atoms with E-state index >= 15 is 0 Å². The largest absolute Gasteiger partial charge is 0.298 e. The average Bonchev–Trinajstić information content (AvgIpc) is 3.09. The van der Waals surface area contributed by atoms with Gasteiger partial charge >= 0.3 is 0 Å². The first-order valence-electron chi connectivity index (χ1n) is 6.66. The van der Waals surface area contributed by atoms with E-state index in [0.717, 1.165) is 10.8 Å². The van der Waals surface area contributed by atoms with Gasteiger partial charge in [0.05, 0.1) is 20.9 Å². The molecular formula is C14H8ClFN4O2S2. The van der Waals surface area contributed by atoms with Gasteiger partial charge in [-0.15, -0.1) is 10.2 Å². The van der Waals surface area contributed by atoms with Crippen molar-refractivity contribution in [3.05, 3.63) is 53.3 Å². The van der Waals surface area contributed by atoms with E-state index in [0.29, 0.717) is 10.5 Å². The van der Waals surface area contributed by atoms with Gasteiger partial charge in [0, 0.05) is 0 Å². The number of aromatic nitrogens is 3. The third-order valence-corrected chi connectivity index (χ3v) is 5.87. The first-order chi connectivity index (χ1) is 11.5. The quantitative estimate of drug-likeness (QED) is 0.588. The summed E-state index contributed by atoms with van der Waals surface area (Å²) in [5.74, 6) is -0.631. The molecule has 0 atom stereocenters. The Hall–Kier alpha value is -2.23. The molecule has 0 bridgehead atoms. The van der Waals surface area contributed by atoms with Crippen molar-refractivity contribution in [1.82, 2.24) is 14.6 Å². The lowest BCUT2D eigenvalue weighted by Gasteiger charge is -2.07. The maximum absolute atomic E-state index is 13.2. The summed E-state index contributed by atoms with van der Waals surface area (Å²) < 4.78 is 43.2. The molecule has 0 saturated heterocycles. The monoisotopic (exact) mass is 382 g/mol. The molecule has 0 radical (unpaired) electrons. The summed E-state index contributed by atoms with van der Waals surface area (Å²) in [6.45, 7) is 0. The first-order valence-corrected chi connectivity index (χ1v) is 9.34. The van der Waals surface area contributed by atoms with Crippen LogP contribution in [0.25, 0.3) is 15.2 Å². The highest BCUT2D eigenvalue weighted by Gasteiger charge is 2.24. The molecule has 24 heavy (non-hydrogen) atoms. The van der Waals surface area contributed by atoms with E-state index in [1.807, 2.05) is 12.1 Å². The molecule has 10 heteroatoms. The SMILES string of the molecule is O=S(=O)(Nc1ccc(F)c(Cl)c1)c1nnc2sc3ccccc3n12. The first kappa shape index (κ1) is 15.3. The molecule has 6 nitrogen and oxygen atoms in total. The van der Waals surface area contributed by atoms with Crippen molar-refractivity contribution in [2.45, 2.75) is 5.16 Å². The Morgan fingerprint density at radius 1 is 1.17 bits per heavy atom. The van der Waals surface area contributed by atoms with Crippen molar-refractivity contribution in [2.24, 2.45) is 0 Å². The van der Waals surface area contributed by atoms with Gasteiger partial charge in [-0.2, -0.15) is 8.42 Å². The molecule has 1 N–H and O–H groups in total. The summed E-state index contributed by atoms with van der Waals surface area (Å²) in [7, 11) is -4.02. The number of benzene rings is 2. The molecule has 2 aromatic heterocycles. The molecule has 0 aliphatic carbocycles. The van der Waals surface area contributed by atoms with Gasteiger partial charge in [0.15, 0.2) is 0 Å². The molecule has 2 heterocycles. The minimum atomic E-state index is -4.02. The summed E-state index contributed by atoms with van der Waals surface area (Å²) in [5, 5.41) is 7.28. The van der Waals surface area contributed by atoms with Crippen molar-refractivity contribution < 1.29 is 12.8 Å². The van der Waals surface area contributed by atoms with E-state index in [1.54, 1.807) is 12.1 Å². The molecule has 4 aromatic rings. The summed E-state index contributed by atoms with van der Waals surface area (Å²) in [6, 6.07) is 10.9. The zero-order valence-electron chi connectivity index (χ0n) is 11.8. The fourth-order valence-corrected chi connectivity index (χ4v) is 4.60. The van der Waals surface area contributed by atoms with Crippen LogP contribution in [0.3, 0.4) is 0 Å². The van der Waals surface area contributed by atoms with Gasteiger partial charge in [-0.3, -0.25) is 9.12 Å². The number of hydrogen-bond donors (Lipinski definition) is 1. The minimum Gasteiger partial charge on any atom is -0.277 e. The van der Waals surface area contributed by atoms with Crippen LogP contribution in [-0.2, 0) is 10.0 Å². The van der Waals surface area contributed by atoms with Crippen molar-refractivity contribution in [3.8, 4) is 0 Å². The van der Waals surface area contributed by atoms with Crippen LogP contribution in [-0.4, -0.2) is 23.0 Å². The van der Waals surface area contributed by atoms with Crippen LogP contribution in [0.4, 0.5) is 10.1 Å². The number of halogens is 2. The maximum Gasteiger partial charge on any atom is 0.298 e. The van der Waals surface area contributed by atoms with Crippen molar-refractivity contribution in [2.75, 3.05) is 4.72 Å². The molecule has 0 unspecified atom stereocenters. The molecule has 0 spiro atoms. The van der Waals surface area contributed by atoms with E-state index in [2.05, 4.69) is 14.9 Å². The molecule has 122 valence electrons. The molecule has 0 amide bonds. The number of nitrogens with zero attached hydrogens (tertiary/aromatic N) is 3. The highest BCUT2D eigenvalue weighted by Crippen LogP contribution is 2.28. The summed E-state index contributed by atoms with van der Waals surface area (Å²) in [6.07, 6.45) is 0. The van der Waals surface area contributed by atoms with E-state index in [4.69, 9.17) is 11.6 Å². The Morgan fingerprint density at radius 3 is 2.75 bits per heavy atom. The fourth-order valence-electron chi connectivity index (χ4n) is 2.29. The lowest BCUT2D eigenvalue weighted by Crippen LogP contribution is -2.16. The highest BCUT2D eigenvalue weighted by atomic mass is 35.5. The second-order valence-electron chi connectivity index (χ2n) is 4.90. The molecule has 0 aliphatic heterocycles. The number of anilines is 1. The fraction of sp³-hybridized carbons (Fsp3) is 0. The Balaban J connectivity index is 1.84. The van der Waals surface area contributed by atoms with Gasteiger partial charge in [-0.1, -0.05) is 35.1 Å². The Morgan fingerprint density at radius 2 is 1.96 bits per heavy atom. The van der Waals surface area contributed by atoms with Crippen LogP contribution in [0.2, 0.25) is 5.02 Å². The van der Waals surface area contributed by atoms with Gasteiger partial charge in [-0.05, 0) is 30.3 Å². The number of hydrogen-bond acceptors (Lipinski definition) is 5. The molecule has 0 saturated carbocycles. The second kappa shape index (κ2) is 5.40. The van der Waals surface area contributed by atoms with Crippen molar-refractivity contribution in [1.29, 1.82) is 0 Å². The molecule has 4 rings (SSSR count). The van der Waals surface area contributed by atoms with Crippen molar-refractivity contribution >= 4 is 53.8 Å².